The van der Waals surface area contributed by atoms with E-state index in [4.69, 9.17) is 5.10 Å². The van der Waals surface area contributed by atoms with Gasteiger partial charge in [-0.15, -0.1) is 11.3 Å². The molecule has 28 heavy (non-hydrogen) atoms. The first-order valence-corrected chi connectivity index (χ1v) is 10.3. The SMILES string of the molecule is CC(=O)N[C@@H](CC(=O)Nc1c2c(nn1-c1ccccc1)CCC2)c1cccs1. The molecule has 0 fully saturated rings. The smallest absolute Gasteiger partial charge is 0.227 e. The van der Waals surface area contributed by atoms with Crippen LogP contribution in [0.4, 0.5) is 5.82 Å². The Kier molecular flexibility index (Phi) is 5.25. The highest BCUT2D eigenvalue weighted by atomic mass is 32.1. The van der Waals surface area contributed by atoms with Crippen LogP contribution in [0.5, 0.6) is 0 Å². The fourth-order valence-electron chi connectivity index (χ4n) is 3.60. The van der Waals surface area contributed by atoms with Crippen molar-refractivity contribution in [2.75, 3.05) is 5.32 Å². The molecule has 2 heterocycles. The van der Waals surface area contributed by atoms with Crippen LogP contribution < -0.4 is 10.6 Å². The predicted molar refractivity (Wildman–Crippen MR) is 110 cm³/mol. The Morgan fingerprint density at radius 1 is 1.18 bits per heavy atom. The van der Waals surface area contributed by atoms with Gasteiger partial charge >= 0.3 is 0 Å². The molecule has 144 valence electrons. The number of para-hydroxylation sites is 1. The van der Waals surface area contributed by atoms with Crippen LogP contribution in [0.2, 0.25) is 0 Å². The molecule has 0 radical (unpaired) electrons. The Labute approximate surface area is 167 Å². The van der Waals surface area contributed by atoms with Crippen LogP contribution in [-0.4, -0.2) is 21.6 Å². The number of aromatic nitrogens is 2. The van der Waals surface area contributed by atoms with Gasteiger partial charge in [-0.2, -0.15) is 5.10 Å². The molecule has 6 nitrogen and oxygen atoms in total. The second-order valence-corrected chi connectivity index (χ2v) is 7.87. The Hall–Kier alpha value is -2.93. The van der Waals surface area contributed by atoms with E-state index in [9.17, 15) is 9.59 Å². The highest BCUT2D eigenvalue weighted by molar-refractivity contribution is 7.10. The number of hydrogen-bond donors (Lipinski definition) is 2. The molecule has 2 N–H and O–H groups in total. The zero-order valence-corrected chi connectivity index (χ0v) is 16.5. The van der Waals surface area contributed by atoms with Crippen molar-refractivity contribution in [2.45, 2.75) is 38.6 Å². The van der Waals surface area contributed by atoms with Crippen LogP contribution in [0.15, 0.2) is 47.8 Å². The number of anilines is 1. The lowest BCUT2D eigenvalue weighted by molar-refractivity contribution is -0.120. The first-order chi connectivity index (χ1) is 13.6. The third-order valence-electron chi connectivity index (χ3n) is 4.82. The number of carbonyl (C=O) groups excluding carboxylic acids is 2. The van der Waals surface area contributed by atoms with Crippen molar-refractivity contribution in [2.24, 2.45) is 0 Å². The lowest BCUT2D eigenvalue weighted by Gasteiger charge is -2.17. The monoisotopic (exact) mass is 394 g/mol. The summed E-state index contributed by atoms with van der Waals surface area (Å²) in [6.07, 6.45) is 3.08. The molecule has 1 aromatic carbocycles. The molecule has 1 aliphatic rings. The fraction of sp³-hybridized carbons (Fsp3) is 0.286. The highest BCUT2D eigenvalue weighted by Gasteiger charge is 2.25. The van der Waals surface area contributed by atoms with Crippen LogP contribution >= 0.6 is 11.3 Å². The lowest BCUT2D eigenvalue weighted by atomic mass is 10.1. The summed E-state index contributed by atoms with van der Waals surface area (Å²) in [6.45, 7) is 1.47. The summed E-state index contributed by atoms with van der Waals surface area (Å²) < 4.78 is 1.82. The van der Waals surface area contributed by atoms with Crippen molar-refractivity contribution in [1.82, 2.24) is 15.1 Å². The van der Waals surface area contributed by atoms with Crippen molar-refractivity contribution >= 4 is 29.0 Å². The maximum atomic E-state index is 12.9. The van der Waals surface area contributed by atoms with Gasteiger partial charge in [-0.3, -0.25) is 9.59 Å². The number of aryl methyl sites for hydroxylation is 1. The molecule has 1 aliphatic carbocycles. The number of rotatable bonds is 6. The van der Waals surface area contributed by atoms with Crippen molar-refractivity contribution in [1.29, 1.82) is 0 Å². The third-order valence-corrected chi connectivity index (χ3v) is 5.81. The number of thiophene rings is 1. The number of amides is 2. The van der Waals surface area contributed by atoms with E-state index < -0.39 is 0 Å². The summed E-state index contributed by atoms with van der Waals surface area (Å²) in [5.74, 6) is 0.455. The molecule has 2 amide bonds. The molecule has 0 spiro atoms. The van der Waals surface area contributed by atoms with Gasteiger partial charge in [0.05, 0.1) is 23.8 Å². The second-order valence-electron chi connectivity index (χ2n) is 6.90. The summed E-state index contributed by atoms with van der Waals surface area (Å²) in [6, 6.07) is 13.3. The zero-order chi connectivity index (χ0) is 19.5. The predicted octanol–water partition coefficient (Wildman–Crippen LogP) is 3.63. The van der Waals surface area contributed by atoms with E-state index in [2.05, 4.69) is 10.6 Å². The average molecular weight is 395 g/mol. The van der Waals surface area contributed by atoms with Gasteiger partial charge in [0.25, 0.3) is 0 Å². The van der Waals surface area contributed by atoms with Crippen LogP contribution in [0, 0.1) is 0 Å². The van der Waals surface area contributed by atoms with E-state index in [0.29, 0.717) is 0 Å². The van der Waals surface area contributed by atoms with Gasteiger partial charge in [-0.25, -0.2) is 4.68 Å². The Bertz CT molecular complexity index is 980. The van der Waals surface area contributed by atoms with Crippen LogP contribution in [0.1, 0.15) is 41.9 Å². The molecule has 0 saturated heterocycles. The molecule has 0 unspecified atom stereocenters. The Balaban J connectivity index is 1.58. The van der Waals surface area contributed by atoms with Gasteiger partial charge in [0.15, 0.2) is 0 Å². The van der Waals surface area contributed by atoms with E-state index in [1.54, 1.807) is 0 Å². The van der Waals surface area contributed by atoms with E-state index in [0.717, 1.165) is 46.9 Å². The molecule has 0 bridgehead atoms. The number of fused-ring (bicyclic) bond motifs is 1. The molecule has 0 aliphatic heterocycles. The largest absolute Gasteiger partial charge is 0.348 e. The van der Waals surface area contributed by atoms with Gasteiger partial charge in [-0.1, -0.05) is 24.3 Å². The number of nitrogens with zero attached hydrogens (tertiary/aromatic N) is 2. The number of benzene rings is 1. The van der Waals surface area contributed by atoms with E-state index in [1.165, 1.54) is 18.3 Å². The molecular weight excluding hydrogens is 372 g/mol. The summed E-state index contributed by atoms with van der Waals surface area (Å²) in [5, 5.41) is 12.6. The Morgan fingerprint density at radius 3 is 2.71 bits per heavy atom. The first kappa shape index (κ1) is 18.4. The Morgan fingerprint density at radius 2 is 2.00 bits per heavy atom. The van der Waals surface area contributed by atoms with Crippen molar-refractivity contribution in [3.63, 3.8) is 0 Å². The quantitative estimate of drug-likeness (QED) is 0.670. The minimum absolute atomic E-state index is 0.140. The van der Waals surface area contributed by atoms with E-state index in [1.807, 2.05) is 52.5 Å². The maximum Gasteiger partial charge on any atom is 0.227 e. The number of nitrogens with one attached hydrogen (secondary N) is 2. The molecule has 1 atom stereocenters. The van der Waals surface area contributed by atoms with E-state index in [-0.39, 0.29) is 24.3 Å². The zero-order valence-electron chi connectivity index (χ0n) is 15.6. The number of hydrogen-bond acceptors (Lipinski definition) is 4. The second kappa shape index (κ2) is 7.98. The molecule has 7 heteroatoms. The summed E-state index contributed by atoms with van der Waals surface area (Å²) >= 11 is 1.53. The van der Waals surface area contributed by atoms with Crippen LogP contribution in [-0.2, 0) is 22.4 Å². The van der Waals surface area contributed by atoms with Crippen molar-refractivity contribution < 1.29 is 9.59 Å². The summed E-state index contributed by atoms with van der Waals surface area (Å²) in [7, 11) is 0. The standard InChI is InChI=1S/C21H22N4O2S/c1-14(26)22-18(19-11-6-12-28-19)13-20(27)23-21-16-9-5-10-17(16)24-25(21)15-7-3-2-4-8-15/h2-4,6-8,11-12,18H,5,9-10,13H2,1H3,(H,22,26)(H,23,27)/t18-/m0/s1. The summed E-state index contributed by atoms with van der Waals surface area (Å²) in [5.41, 5.74) is 3.09. The van der Waals surface area contributed by atoms with Crippen molar-refractivity contribution in [3.05, 3.63) is 64.0 Å². The van der Waals surface area contributed by atoms with Gasteiger partial charge in [0, 0.05) is 17.4 Å². The minimum Gasteiger partial charge on any atom is -0.348 e. The van der Waals surface area contributed by atoms with Gasteiger partial charge in [0.2, 0.25) is 11.8 Å². The third kappa shape index (κ3) is 3.84. The maximum absolute atomic E-state index is 12.9. The van der Waals surface area contributed by atoms with Gasteiger partial charge in [-0.05, 0) is 42.8 Å². The normalized spacial score (nSPS) is 13.8. The topological polar surface area (TPSA) is 76.0 Å². The molecule has 0 saturated carbocycles. The molecular formula is C21H22N4O2S. The minimum atomic E-state index is -0.335. The molecule has 3 aromatic rings. The summed E-state index contributed by atoms with van der Waals surface area (Å²) in [4.78, 5) is 25.4. The van der Waals surface area contributed by atoms with E-state index >= 15 is 0 Å². The van der Waals surface area contributed by atoms with Gasteiger partial charge in [0.1, 0.15) is 5.82 Å². The number of carbonyl (C=O) groups is 2. The van der Waals surface area contributed by atoms with Crippen LogP contribution in [0.25, 0.3) is 5.69 Å². The van der Waals surface area contributed by atoms with Crippen molar-refractivity contribution in [3.8, 4) is 5.69 Å². The van der Waals surface area contributed by atoms with Crippen LogP contribution in [0.3, 0.4) is 0 Å². The lowest BCUT2D eigenvalue weighted by Crippen LogP contribution is -2.29. The molecule has 2 aromatic heterocycles. The molecule has 4 rings (SSSR count). The average Bonchev–Trinajstić information content (AvgIpc) is 3.40. The first-order valence-electron chi connectivity index (χ1n) is 9.38. The highest BCUT2D eigenvalue weighted by Crippen LogP contribution is 2.31. The van der Waals surface area contributed by atoms with Gasteiger partial charge < -0.3 is 10.6 Å². The fourth-order valence-corrected chi connectivity index (χ4v) is 4.38.